The molecule has 0 spiro atoms. The van der Waals surface area contributed by atoms with E-state index in [2.05, 4.69) is 6.92 Å². The number of nitrogens with zero attached hydrogens (tertiary/aromatic N) is 1. The van der Waals surface area contributed by atoms with E-state index in [1.54, 1.807) is 18.2 Å². The van der Waals surface area contributed by atoms with E-state index in [0.29, 0.717) is 23.6 Å². The Morgan fingerprint density at radius 1 is 1.30 bits per heavy atom. The zero-order valence-electron chi connectivity index (χ0n) is 11.7. The molecule has 1 amide bonds. The van der Waals surface area contributed by atoms with E-state index in [1.165, 1.54) is 0 Å². The SMILES string of the molecule is CC1(CN)CCN(C(=O)c2ccc3c(c2)OCO3)CC1. The second-order valence-corrected chi connectivity index (χ2v) is 5.88. The lowest BCUT2D eigenvalue weighted by atomic mass is 9.80. The molecule has 0 saturated carbocycles. The summed E-state index contributed by atoms with van der Waals surface area (Å²) in [5, 5.41) is 0. The highest BCUT2D eigenvalue weighted by atomic mass is 16.7. The molecule has 0 radical (unpaired) electrons. The average Bonchev–Trinajstić information content (AvgIpc) is 2.94. The second-order valence-electron chi connectivity index (χ2n) is 5.88. The van der Waals surface area contributed by atoms with E-state index < -0.39 is 0 Å². The van der Waals surface area contributed by atoms with Gasteiger partial charge < -0.3 is 20.1 Å². The van der Waals surface area contributed by atoms with Crippen molar-refractivity contribution in [3.63, 3.8) is 0 Å². The van der Waals surface area contributed by atoms with Crippen molar-refractivity contribution < 1.29 is 14.3 Å². The Hall–Kier alpha value is -1.75. The smallest absolute Gasteiger partial charge is 0.253 e. The summed E-state index contributed by atoms with van der Waals surface area (Å²) in [6.07, 6.45) is 1.92. The Morgan fingerprint density at radius 2 is 2.00 bits per heavy atom. The largest absolute Gasteiger partial charge is 0.454 e. The summed E-state index contributed by atoms with van der Waals surface area (Å²) in [4.78, 5) is 14.4. The maximum Gasteiger partial charge on any atom is 0.253 e. The Bertz CT molecular complexity index is 522. The molecular weight excluding hydrogens is 256 g/mol. The highest BCUT2D eigenvalue weighted by Crippen LogP contribution is 2.34. The van der Waals surface area contributed by atoms with Gasteiger partial charge in [-0.25, -0.2) is 0 Å². The first-order chi connectivity index (χ1) is 9.61. The molecule has 5 nitrogen and oxygen atoms in total. The van der Waals surface area contributed by atoms with Crippen LogP contribution >= 0.6 is 0 Å². The van der Waals surface area contributed by atoms with Gasteiger partial charge in [-0.2, -0.15) is 0 Å². The summed E-state index contributed by atoms with van der Waals surface area (Å²) in [5.41, 5.74) is 6.63. The number of benzene rings is 1. The summed E-state index contributed by atoms with van der Waals surface area (Å²) < 4.78 is 10.6. The fourth-order valence-electron chi connectivity index (χ4n) is 2.67. The number of fused-ring (bicyclic) bond motifs is 1. The van der Waals surface area contributed by atoms with Gasteiger partial charge in [0.2, 0.25) is 6.79 Å². The zero-order chi connectivity index (χ0) is 14.2. The molecule has 1 saturated heterocycles. The predicted octanol–water partition coefficient (Wildman–Crippen LogP) is 1.62. The molecule has 0 atom stereocenters. The van der Waals surface area contributed by atoms with Gasteiger partial charge in [0.25, 0.3) is 5.91 Å². The van der Waals surface area contributed by atoms with Gasteiger partial charge in [0.05, 0.1) is 0 Å². The predicted molar refractivity (Wildman–Crippen MR) is 74.9 cm³/mol. The molecule has 5 heteroatoms. The highest BCUT2D eigenvalue weighted by molar-refractivity contribution is 5.95. The quantitative estimate of drug-likeness (QED) is 0.891. The summed E-state index contributed by atoms with van der Waals surface area (Å²) in [6, 6.07) is 5.36. The van der Waals surface area contributed by atoms with Crippen molar-refractivity contribution >= 4 is 5.91 Å². The minimum absolute atomic E-state index is 0.0578. The van der Waals surface area contributed by atoms with Crippen LogP contribution in [0.3, 0.4) is 0 Å². The minimum Gasteiger partial charge on any atom is -0.454 e. The van der Waals surface area contributed by atoms with Crippen LogP contribution in [0.15, 0.2) is 18.2 Å². The summed E-state index contributed by atoms with van der Waals surface area (Å²) in [5.74, 6) is 1.41. The lowest BCUT2D eigenvalue weighted by Crippen LogP contribution is -2.44. The molecule has 0 unspecified atom stereocenters. The summed E-state index contributed by atoms with van der Waals surface area (Å²) in [6.45, 7) is 4.63. The summed E-state index contributed by atoms with van der Waals surface area (Å²) in [7, 11) is 0. The Balaban J connectivity index is 1.71. The van der Waals surface area contributed by atoms with Crippen LogP contribution in [0.2, 0.25) is 0 Å². The number of hydrogen-bond acceptors (Lipinski definition) is 4. The number of piperidine rings is 1. The Kier molecular flexibility index (Phi) is 3.30. The topological polar surface area (TPSA) is 64.8 Å². The zero-order valence-corrected chi connectivity index (χ0v) is 11.7. The van der Waals surface area contributed by atoms with E-state index in [9.17, 15) is 4.79 Å². The van der Waals surface area contributed by atoms with Crippen LogP contribution in [-0.2, 0) is 0 Å². The van der Waals surface area contributed by atoms with Crippen molar-refractivity contribution in [2.24, 2.45) is 11.1 Å². The second kappa shape index (κ2) is 4.98. The van der Waals surface area contributed by atoms with E-state index in [-0.39, 0.29) is 18.1 Å². The molecule has 2 aliphatic rings. The van der Waals surface area contributed by atoms with Crippen LogP contribution in [0, 0.1) is 5.41 Å². The molecule has 2 aliphatic heterocycles. The number of rotatable bonds is 2. The molecule has 1 aromatic rings. The average molecular weight is 276 g/mol. The third-order valence-corrected chi connectivity index (χ3v) is 4.37. The minimum atomic E-state index is 0.0578. The van der Waals surface area contributed by atoms with Gasteiger partial charge in [0.15, 0.2) is 11.5 Å². The fraction of sp³-hybridized carbons (Fsp3) is 0.533. The van der Waals surface area contributed by atoms with Crippen molar-refractivity contribution in [1.82, 2.24) is 4.90 Å². The maximum atomic E-state index is 12.5. The first kappa shape index (κ1) is 13.2. The standard InChI is InChI=1S/C15H20N2O3/c1-15(9-16)4-6-17(7-5-15)14(18)11-2-3-12-13(8-11)20-10-19-12/h2-3,8H,4-7,9-10,16H2,1H3. The van der Waals surface area contributed by atoms with Gasteiger partial charge in [0.1, 0.15) is 0 Å². The Morgan fingerprint density at radius 3 is 2.70 bits per heavy atom. The monoisotopic (exact) mass is 276 g/mol. The number of hydrogen-bond donors (Lipinski definition) is 1. The van der Waals surface area contributed by atoms with Gasteiger partial charge in [0, 0.05) is 18.7 Å². The number of likely N-dealkylation sites (tertiary alicyclic amines) is 1. The van der Waals surface area contributed by atoms with Crippen LogP contribution < -0.4 is 15.2 Å². The molecule has 2 N–H and O–H groups in total. The van der Waals surface area contributed by atoms with Gasteiger partial charge >= 0.3 is 0 Å². The number of nitrogens with two attached hydrogens (primary N) is 1. The Labute approximate surface area is 118 Å². The number of amides is 1. The molecule has 1 aromatic carbocycles. The van der Waals surface area contributed by atoms with E-state index in [1.807, 2.05) is 4.90 Å². The van der Waals surface area contributed by atoms with Crippen molar-refractivity contribution in [1.29, 1.82) is 0 Å². The van der Waals surface area contributed by atoms with E-state index >= 15 is 0 Å². The number of carbonyl (C=O) groups is 1. The normalized spacial score (nSPS) is 20.0. The van der Waals surface area contributed by atoms with Gasteiger partial charge in [-0.3, -0.25) is 4.79 Å². The molecule has 2 heterocycles. The number of ether oxygens (including phenoxy) is 2. The first-order valence-corrected chi connectivity index (χ1v) is 7.00. The fourth-order valence-corrected chi connectivity index (χ4v) is 2.67. The van der Waals surface area contributed by atoms with Crippen LogP contribution in [-0.4, -0.2) is 37.2 Å². The lowest BCUT2D eigenvalue weighted by Gasteiger charge is -2.38. The maximum absolute atomic E-state index is 12.5. The van der Waals surface area contributed by atoms with Crippen molar-refractivity contribution in [2.45, 2.75) is 19.8 Å². The van der Waals surface area contributed by atoms with E-state index in [0.717, 1.165) is 25.9 Å². The molecule has 0 bridgehead atoms. The molecule has 1 fully saturated rings. The van der Waals surface area contributed by atoms with Crippen molar-refractivity contribution in [3.05, 3.63) is 23.8 Å². The van der Waals surface area contributed by atoms with Crippen molar-refractivity contribution in [2.75, 3.05) is 26.4 Å². The highest BCUT2D eigenvalue weighted by Gasteiger charge is 2.31. The number of carbonyl (C=O) groups excluding carboxylic acids is 1. The first-order valence-electron chi connectivity index (χ1n) is 7.00. The van der Waals surface area contributed by atoms with Gasteiger partial charge in [-0.05, 0) is 43.0 Å². The molecule has 0 aromatic heterocycles. The third kappa shape index (κ3) is 2.33. The molecule has 20 heavy (non-hydrogen) atoms. The molecule has 0 aliphatic carbocycles. The van der Waals surface area contributed by atoms with Gasteiger partial charge in [-0.15, -0.1) is 0 Å². The van der Waals surface area contributed by atoms with E-state index in [4.69, 9.17) is 15.2 Å². The van der Waals surface area contributed by atoms with Gasteiger partial charge in [-0.1, -0.05) is 6.92 Å². The van der Waals surface area contributed by atoms with Crippen LogP contribution in [0.4, 0.5) is 0 Å². The molecule has 3 rings (SSSR count). The molecular formula is C15H20N2O3. The summed E-state index contributed by atoms with van der Waals surface area (Å²) >= 11 is 0. The molecule has 108 valence electrons. The van der Waals surface area contributed by atoms with Crippen LogP contribution in [0.5, 0.6) is 11.5 Å². The third-order valence-electron chi connectivity index (χ3n) is 4.37. The van der Waals surface area contributed by atoms with Crippen LogP contribution in [0.25, 0.3) is 0 Å². The van der Waals surface area contributed by atoms with Crippen molar-refractivity contribution in [3.8, 4) is 11.5 Å². The lowest BCUT2D eigenvalue weighted by molar-refractivity contribution is 0.0617. The van der Waals surface area contributed by atoms with Crippen LogP contribution in [0.1, 0.15) is 30.1 Å².